The molecule has 0 aliphatic rings. The molecule has 0 radical (unpaired) electrons. The Morgan fingerprint density at radius 3 is 2.05 bits per heavy atom. The summed E-state index contributed by atoms with van der Waals surface area (Å²) < 4.78 is 20.0. The molecule has 0 N–H and O–H groups in total. The first kappa shape index (κ1) is 15.2. The number of nitrogens with zero attached hydrogens (tertiary/aromatic N) is 4. The Labute approximate surface area is 124 Å². The SMILES string of the molecule is COc1ccc(Oc2nc(OC)nc(OC)n2)c([N+](=O)[O-])c1. The molecule has 1 aromatic heterocycles. The van der Waals surface area contributed by atoms with Crippen molar-refractivity contribution in [3.63, 3.8) is 0 Å². The summed E-state index contributed by atoms with van der Waals surface area (Å²) in [6.07, 6.45) is 0. The van der Waals surface area contributed by atoms with Gasteiger partial charge in [-0.2, -0.15) is 0 Å². The van der Waals surface area contributed by atoms with Crippen LogP contribution in [0.2, 0.25) is 0 Å². The van der Waals surface area contributed by atoms with Crippen molar-refractivity contribution in [2.45, 2.75) is 0 Å². The minimum atomic E-state index is -0.604. The quantitative estimate of drug-likeness (QED) is 0.578. The molecule has 0 spiro atoms. The van der Waals surface area contributed by atoms with Crippen LogP contribution in [0.4, 0.5) is 5.69 Å². The first-order valence-electron chi connectivity index (χ1n) is 5.91. The van der Waals surface area contributed by atoms with Gasteiger partial charge >= 0.3 is 23.7 Å². The fourth-order valence-corrected chi connectivity index (χ4v) is 1.50. The normalized spacial score (nSPS) is 9.95. The van der Waals surface area contributed by atoms with Gasteiger partial charge in [-0.1, -0.05) is 0 Å². The van der Waals surface area contributed by atoms with Gasteiger partial charge in [0.25, 0.3) is 0 Å². The number of methoxy groups -OCH3 is 3. The molecule has 2 rings (SSSR count). The third-order valence-corrected chi connectivity index (χ3v) is 2.50. The Hall–Kier alpha value is -3.17. The van der Waals surface area contributed by atoms with Gasteiger partial charge in [0.15, 0.2) is 0 Å². The average Bonchev–Trinajstić information content (AvgIpc) is 2.54. The summed E-state index contributed by atoms with van der Waals surface area (Å²) in [5.41, 5.74) is -0.294. The van der Waals surface area contributed by atoms with Gasteiger partial charge in [-0.15, -0.1) is 15.0 Å². The number of benzene rings is 1. The van der Waals surface area contributed by atoms with Crippen molar-refractivity contribution in [3.05, 3.63) is 28.3 Å². The molecule has 0 unspecified atom stereocenters. The molecule has 0 saturated carbocycles. The lowest BCUT2D eigenvalue weighted by atomic mass is 10.3. The van der Waals surface area contributed by atoms with E-state index in [0.29, 0.717) is 5.75 Å². The van der Waals surface area contributed by atoms with E-state index in [-0.39, 0.29) is 29.5 Å². The minimum absolute atomic E-state index is 0.0435. The summed E-state index contributed by atoms with van der Waals surface area (Å²) in [4.78, 5) is 22.0. The molecule has 0 aliphatic carbocycles. The Morgan fingerprint density at radius 2 is 1.55 bits per heavy atom. The summed E-state index contributed by atoms with van der Waals surface area (Å²) >= 11 is 0. The zero-order chi connectivity index (χ0) is 16.1. The minimum Gasteiger partial charge on any atom is -0.496 e. The van der Waals surface area contributed by atoms with Crippen LogP contribution in [-0.4, -0.2) is 41.2 Å². The van der Waals surface area contributed by atoms with Crippen molar-refractivity contribution in [2.24, 2.45) is 0 Å². The second kappa shape index (κ2) is 6.52. The van der Waals surface area contributed by atoms with Crippen molar-refractivity contribution in [3.8, 4) is 29.5 Å². The van der Waals surface area contributed by atoms with Gasteiger partial charge < -0.3 is 18.9 Å². The van der Waals surface area contributed by atoms with Gasteiger partial charge in [0, 0.05) is 0 Å². The summed E-state index contributed by atoms with van der Waals surface area (Å²) in [5, 5.41) is 11.1. The second-order valence-electron chi connectivity index (χ2n) is 3.78. The summed E-state index contributed by atoms with van der Waals surface area (Å²) in [7, 11) is 4.12. The van der Waals surface area contributed by atoms with Crippen molar-refractivity contribution < 1.29 is 23.9 Å². The third kappa shape index (κ3) is 3.29. The molecule has 0 fully saturated rings. The van der Waals surface area contributed by atoms with Crippen LogP contribution in [0, 0.1) is 10.1 Å². The van der Waals surface area contributed by atoms with Gasteiger partial charge in [-0.3, -0.25) is 10.1 Å². The van der Waals surface area contributed by atoms with E-state index in [9.17, 15) is 10.1 Å². The maximum absolute atomic E-state index is 11.1. The average molecular weight is 308 g/mol. The van der Waals surface area contributed by atoms with E-state index in [0.717, 1.165) is 0 Å². The van der Waals surface area contributed by atoms with Crippen LogP contribution in [-0.2, 0) is 0 Å². The molecule has 2 aromatic rings. The number of nitro groups is 1. The number of hydrogen-bond donors (Lipinski definition) is 0. The smallest absolute Gasteiger partial charge is 0.331 e. The maximum Gasteiger partial charge on any atom is 0.331 e. The number of rotatable bonds is 6. The molecular formula is C12H12N4O6. The van der Waals surface area contributed by atoms with Gasteiger partial charge in [0.1, 0.15) is 5.75 Å². The van der Waals surface area contributed by atoms with Crippen LogP contribution in [0.5, 0.6) is 29.5 Å². The Bertz CT molecular complexity index is 671. The number of nitro benzene ring substituents is 1. The molecule has 10 nitrogen and oxygen atoms in total. The molecule has 0 atom stereocenters. The summed E-state index contributed by atoms with van der Waals surface area (Å²) in [6.45, 7) is 0. The molecule has 0 saturated heterocycles. The van der Waals surface area contributed by atoms with E-state index in [2.05, 4.69) is 15.0 Å². The molecule has 116 valence electrons. The zero-order valence-corrected chi connectivity index (χ0v) is 12.0. The lowest BCUT2D eigenvalue weighted by Gasteiger charge is -2.07. The Morgan fingerprint density at radius 1 is 0.955 bits per heavy atom. The molecule has 22 heavy (non-hydrogen) atoms. The Kier molecular flexibility index (Phi) is 4.51. The van der Waals surface area contributed by atoms with Crippen LogP contribution in [0.3, 0.4) is 0 Å². The highest BCUT2D eigenvalue weighted by molar-refractivity contribution is 5.51. The fourth-order valence-electron chi connectivity index (χ4n) is 1.50. The first-order valence-corrected chi connectivity index (χ1v) is 5.91. The van der Waals surface area contributed by atoms with Crippen LogP contribution < -0.4 is 18.9 Å². The van der Waals surface area contributed by atoms with Crippen molar-refractivity contribution >= 4 is 5.69 Å². The lowest BCUT2D eigenvalue weighted by Crippen LogP contribution is -2.02. The molecule has 10 heteroatoms. The summed E-state index contributed by atoms with van der Waals surface area (Å²) in [5.74, 6) is 0.269. The largest absolute Gasteiger partial charge is 0.496 e. The fraction of sp³-hybridized carbons (Fsp3) is 0.250. The van der Waals surface area contributed by atoms with Crippen LogP contribution in [0.15, 0.2) is 18.2 Å². The van der Waals surface area contributed by atoms with E-state index in [1.54, 1.807) is 0 Å². The Balaban J connectivity index is 2.40. The highest BCUT2D eigenvalue weighted by Crippen LogP contribution is 2.33. The maximum atomic E-state index is 11.1. The topological polar surface area (TPSA) is 119 Å². The lowest BCUT2D eigenvalue weighted by molar-refractivity contribution is -0.385. The molecular weight excluding hydrogens is 296 g/mol. The second-order valence-corrected chi connectivity index (χ2v) is 3.78. The van der Waals surface area contributed by atoms with Gasteiger partial charge in [-0.25, -0.2) is 0 Å². The highest BCUT2D eigenvalue weighted by atomic mass is 16.6. The number of aromatic nitrogens is 3. The van der Waals surface area contributed by atoms with Gasteiger partial charge in [0.2, 0.25) is 5.75 Å². The van der Waals surface area contributed by atoms with Crippen molar-refractivity contribution in [1.82, 2.24) is 15.0 Å². The van der Waals surface area contributed by atoms with E-state index in [4.69, 9.17) is 18.9 Å². The molecule has 0 aliphatic heterocycles. The van der Waals surface area contributed by atoms with Crippen LogP contribution in [0.1, 0.15) is 0 Å². The van der Waals surface area contributed by atoms with E-state index in [1.807, 2.05) is 0 Å². The molecule has 1 heterocycles. The molecule has 1 aromatic carbocycles. The first-order chi connectivity index (χ1) is 10.6. The molecule has 0 amide bonds. The zero-order valence-electron chi connectivity index (χ0n) is 12.0. The van der Waals surface area contributed by atoms with Crippen LogP contribution >= 0.6 is 0 Å². The van der Waals surface area contributed by atoms with Crippen LogP contribution in [0.25, 0.3) is 0 Å². The van der Waals surface area contributed by atoms with Crippen molar-refractivity contribution in [1.29, 1.82) is 0 Å². The standard InChI is InChI=1S/C12H12N4O6/c1-19-7-4-5-9(8(6-7)16(17)18)22-12-14-10(20-2)13-11(15-12)21-3/h4-6H,1-3H3. The highest BCUT2D eigenvalue weighted by Gasteiger charge is 2.19. The summed E-state index contributed by atoms with van der Waals surface area (Å²) in [6, 6.07) is 3.83. The van der Waals surface area contributed by atoms with E-state index < -0.39 is 4.92 Å². The van der Waals surface area contributed by atoms with Crippen molar-refractivity contribution in [2.75, 3.05) is 21.3 Å². The van der Waals surface area contributed by atoms with E-state index >= 15 is 0 Å². The predicted octanol–water partition coefficient (Wildman–Crippen LogP) is 1.60. The van der Waals surface area contributed by atoms with E-state index in [1.165, 1.54) is 39.5 Å². The third-order valence-electron chi connectivity index (χ3n) is 2.50. The number of hydrogen-bond acceptors (Lipinski definition) is 9. The van der Waals surface area contributed by atoms with Gasteiger partial charge in [-0.05, 0) is 12.1 Å². The monoisotopic (exact) mass is 308 g/mol. The predicted molar refractivity (Wildman–Crippen MR) is 72.7 cm³/mol. The molecule has 0 bridgehead atoms. The number of ether oxygens (including phenoxy) is 4. The van der Waals surface area contributed by atoms with Gasteiger partial charge in [0.05, 0.1) is 32.3 Å².